The first-order chi connectivity index (χ1) is 13.1. The minimum Gasteiger partial charge on any atom is -0.492 e. The van der Waals surface area contributed by atoms with Crippen LogP contribution in [0.15, 0.2) is 65.5 Å². The van der Waals surface area contributed by atoms with Crippen LogP contribution in [0.2, 0.25) is 0 Å². The Bertz CT molecular complexity index is 1010. The Kier molecular flexibility index (Phi) is 5.66. The standard InChI is InChI=1S/C21H21N3O3/c1-3-27-19-11-7-6-10-18(19)22-20(25)14-24-21(26)13-12-17(23-24)16-9-5-4-8-15(16)2/h4-13H,3,14H2,1-2H3,(H,22,25). The summed E-state index contributed by atoms with van der Waals surface area (Å²) in [5.74, 6) is 0.237. The van der Waals surface area contributed by atoms with Crippen LogP contribution >= 0.6 is 0 Å². The third-order valence-corrected chi connectivity index (χ3v) is 4.04. The van der Waals surface area contributed by atoms with Crippen molar-refractivity contribution in [1.82, 2.24) is 9.78 Å². The van der Waals surface area contributed by atoms with Crippen LogP contribution in [0, 0.1) is 6.92 Å². The SMILES string of the molecule is CCOc1ccccc1NC(=O)Cn1nc(-c2ccccc2C)ccc1=O. The number of benzene rings is 2. The number of aromatic nitrogens is 2. The third kappa shape index (κ3) is 4.41. The molecule has 0 saturated heterocycles. The molecule has 0 unspecified atom stereocenters. The van der Waals surface area contributed by atoms with Crippen LogP contribution in [0.3, 0.4) is 0 Å². The van der Waals surface area contributed by atoms with Gasteiger partial charge in [-0.3, -0.25) is 9.59 Å². The number of amides is 1. The highest BCUT2D eigenvalue weighted by Crippen LogP contribution is 2.23. The number of para-hydroxylation sites is 2. The zero-order valence-electron chi connectivity index (χ0n) is 15.3. The summed E-state index contributed by atoms with van der Waals surface area (Å²) in [6.45, 7) is 4.16. The van der Waals surface area contributed by atoms with Gasteiger partial charge in [-0.1, -0.05) is 36.4 Å². The lowest BCUT2D eigenvalue weighted by molar-refractivity contribution is -0.117. The van der Waals surface area contributed by atoms with Crippen LogP contribution in [-0.2, 0) is 11.3 Å². The van der Waals surface area contributed by atoms with Gasteiger partial charge in [-0.2, -0.15) is 5.10 Å². The molecule has 1 aromatic heterocycles. The molecular formula is C21H21N3O3. The monoisotopic (exact) mass is 363 g/mol. The number of anilines is 1. The summed E-state index contributed by atoms with van der Waals surface area (Å²) >= 11 is 0. The Labute approximate surface area is 157 Å². The number of hydrogen-bond acceptors (Lipinski definition) is 4. The van der Waals surface area contributed by atoms with Gasteiger partial charge in [0.1, 0.15) is 12.3 Å². The highest BCUT2D eigenvalue weighted by Gasteiger charge is 2.11. The maximum absolute atomic E-state index is 12.4. The summed E-state index contributed by atoms with van der Waals surface area (Å²) in [5, 5.41) is 7.13. The van der Waals surface area contributed by atoms with Crippen molar-refractivity contribution in [2.45, 2.75) is 20.4 Å². The Morgan fingerprint density at radius 2 is 1.81 bits per heavy atom. The number of carbonyl (C=O) groups is 1. The summed E-state index contributed by atoms with van der Waals surface area (Å²) in [4.78, 5) is 24.6. The molecule has 0 bridgehead atoms. The average Bonchev–Trinajstić information content (AvgIpc) is 2.66. The van der Waals surface area contributed by atoms with E-state index >= 15 is 0 Å². The number of rotatable bonds is 6. The number of nitrogens with one attached hydrogen (secondary N) is 1. The van der Waals surface area contributed by atoms with Crippen molar-refractivity contribution >= 4 is 11.6 Å². The molecule has 0 radical (unpaired) electrons. The van der Waals surface area contributed by atoms with Crippen molar-refractivity contribution in [3.63, 3.8) is 0 Å². The molecule has 3 aromatic rings. The van der Waals surface area contributed by atoms with Gasteiger partial charge in [-0.05, 0) is 37.6 Å². The molecule has 3 rings (SSSR count). The van der Waals surface area contributed by atoms with E-state index in [-0.39, 0.29) is 18.0 Å². The normalized spacial score (nSPS) is 10.4. The Morgan fingerprint density at radius 1 is 1.07 bits per heavy atom. The van der Waals surface area contributed by atoms with Gasteiger partial charge in [0.05, 0.1) is 18.0 Å². The molecule has 0 spiro atoms. The number of hydrogen-bond donors (Lipinski definition) is 1. The second-order valence-electron chi connectivity index (χ2n) is 6.01. The van der Waals surface area contributed by atoms with Crippen molar-refractivity contribution in [3.8, 4) is 17.0 Å². The lowest BCUT2D eigenvalue weighted by atomic mass is 10.1. The highest BCUT2D eigenvalue weighted by atomic mass is 16.5. The van der Waals surface area contributed by atoms with Crippen LogP contribution in [0.25, 0.3) is 11.3 Å². The van der Waals surface area contributed by atoms with Gasteiger partial charge in [0.25, 0.3) is 5.56 Å². The minimum absolute atomic E-state index is 0.182. The van der Waals surface area contributed by atoms with Gasteiger partial charge >= 0.3 is 0 Å². The van der Waals surface area contributed by atoms with Crippen LogP contribution in [0.1, 0.15) is 12.5 Å². The summed E-state index contributed by atoms with van der Waals surface area (Å²) in [6, 6.07) is 18.0. The Hall–Kier alpha value is -3.41. The molecule has 1 heterocycles. The molecule has 1 amide bonds. The first-order valence-electron chi connectivity index (χ1n) is 8.74. The van der Waals surface area contributed by atoms with E-state index in [1.54, 1.807) is 24.3 Å². The van der Waals surface area contributed by atoms with Gasteiger partial charge in [0.2, 0.25) is 5.91 Å². The number of carbonyl (C=O) groups excluding carboxylic acids is 1. The maximum Gasteiger partial charge on any atom is 0.267 e. The second-order valence-corrected chi connectivity index (χ2v) is 6.01. The number of ether oxygens (including phenoxy) is 1. The molecular weight excluding hydrogens is 342 g/mol. The first-order valence-corrected chi connectivity index (χ1v) is 8.74. The summed E-state index contributed by atoms with van der Waals surface area (Å²) in [7, 11) is 0. The van der Waals surface area contributed by atoms with E-state index in [1.807, 2.05) is 44.2 Å². The van der Waals surface area contributed by atoms with E-state index in [4.69, 9.17) is 4.74 Å². The summed E-state index contributed by atoms with van der Waals surface area (Å²) < 4.78 is 6.67. The van der Waals surface area contributed by atoms with Crippen molar-refractivity contribution < 1.29 is 9.53 Å². The molecule has 6 heteroatoms. The molecule has 0 aliphatic rings. The van der Waals surface area contributed by atoms with Crippen LogP contribution in [0.5, 0.6) is 5.75 Å². The van der Waals surface area contributed by atoms with Crippen molar-refractivity contribution in [2.24, 2.45) is 0 Å². The second kappa shape index (κ2) is 8.31. The van der Waals surface area contributed by atoms with Crippen LogP contribution < -0.4 is 15.6 Å². The quantitative estimate of drug-likeness (QED) is 0.730. The molecule has 27 heavy (non-hydrogen) atoms. The molecule has 0 aliphatic heterocycles. The van der Waals surface area contributed by atoms with E-state index in [0.717, 1.165) is 11.1 Å². The van der Waals surface area contributed by atoms with Gasteiger partial charge in [-0.15, -0.1) is 0 Å². The predicted octanol–water partition coefficient (Wildman–Crippen LogP) is 3.26. The largest absolute Gasteiger partial charge is 0.492 e. The summed E-state index contributed by atoms with van der Waals surface area (Å²) in [6.07, 6.45) is 0. The topological polar surface area (TPSA) is 73.2 Å². The van der Waals surface area contributed by atoms with Gasteiger partial charge < -0.3 is 10.1 Å². The smallest absolute Gasteiger partial charge is 0.267 e. The Balaban J connectivity index is 1.82. The van der Waals surface area contributed by atoms with Gasteiger partial charge in [-0.25, -0.2) is 4.68 Å². The number of aryl methyl sites for hydroxylation is 1. The molecule has 0 atom stereocenters. The first kappa shape index (κ1) is 18.4. The molecule has 1 N–H and O–H groups in total. The van der Waals surface area contributed by atoms with Crippen molar-refractivity contribution in [2.75, 3.05) is 11.9 Å². The maximum atomic E-state index is 12.4. The molecule has 0 aliphatic carbocycles. The Morgan fingerprint density at radius 3 is 2.59 bits per heavy atom. The fourth-order valence-electron chi connectivity index (χ4n) is 2.74. The predicted molar refractivity (Wildman–Crippen MR) is 105 cm³/mol. The fourth-order valence-corrected chi connectivity index (χ4v) is 2.74. The van der Waals surface area contributed by atoms with Gasteiger partial charge in [0.15, 0.2) is 0 Å². The van der Waals surface area contributed by atoms with E-state index in [1.165, 1.54) is 10.7 Å². The van der Waals surface area contributed by atoms with E-state index in [9.17, 15) is 9.59 Å². The van der Waals surface area contributed by atoms with E-state index in [0.29, 0.717) is 23.7 Å². The lowest BCUT2D eigenvalue weighted by Gasteiger charge is -2.12. The van der Waals surface area contributed by atoms with Crippen molar-refractivity contribution in [3.05, 3.63) is 76.6 Å². The summed E-state index contributed by atoms with van der Waals surface area (Å²) in [5.41, 5.74) is 2.85. The lowest BCUT2D eigenvalue weighted by Crippen LogP contribution is -2.29. The molecule has 138 valence electrons. The average molecular weight is 363 g/mol. The van der Waals surface area contributed by atoms with Crippen LogP contribution in [-0.4, -0.2) is 22.3 Å². The molecule has 0 fully saturated rings. The van der Waals surface area contributed by atoms with E-state index < -0.39 is 0 Å². The number of nitrogens with zero attached hydrogens (tertiary/aromatic N) is 2. The molecule has 6 nitrogen and oxygen atoms in total. The van der Waals surface area contributed by atoms with E-state index in [2.05, 4.69) is 10.4 Å². The third-order valence-electron chi connectivity index (χ3n) is 4.04. The molecule has 0 saturated carbocycles. The van der Waals surface area contributed by atoms with Crippen molar-refractivity contribution in [1.29, 1.82) is 0 Å². The van der Waals surface area contributed by atoms with Crippen LogP contribution in [0.4, 0.5) is 5.69 Å². The van der Waals surface area contributed by atoms with Gasteiger partial charge in [0, 0.05) is 11.6 Å². The molecule has 2 aromatic carbocycles. The fraction of sp³-hybridized carbons (Fsp3) is 0.190. The zero-order valence-corrected chi connectivity index (χ0v) is 15.3. The highest BCUT2D eigenvalue weighted by molar-refractivity contribution is 5.92. The zero-order chi connectivity index (χ0) is 19.2. The minimum atomic E-state index is -0.348.